The first-order valence-corrected chi connectivity index (χ1v) is 11.9. The van der Waals surface area contributed by atoms with Crippen LogP contribution in [-0.2, 0) is 0 Å². The molecule has 0 aliphatic carbocycles. The van der Waals surface area contributed by atoms with E-state index in [1.807, 2.05) is 13.8 Å². The fraction of sp³-hybridized carbons (Fsp3) is 0.107. The molecule has 7 heteroatoms. The molecule has 0 N–H and O–H groups in total. The van der Waals surface area contributed by atoms with Gasteiger partial charge in [0, 0.05) is 27.3 Å². The normalized spacial score (nSPS) is 10.5. The molecular formula is C28H20Cl3F3O. The first-order valence-electron chi connectivity index (χ1n) is 10.7. The summed E-state index contributed by atoms with van der Waals surface area (Å²) in [4.78, 5) is 13.6. The number of carbonyl (C=O) groups is 1. The van der Waals surface area contributed by atoms with Crippen molar-refractivity contribution in [3.63, 3.8) is 0 Å². The second-order valence-corrected chi connectivity index (χ2v) is 8.58. The maximum Gasteiger partial charge on any atom is 0.195 e. The van der Waals surface area contributed by atoms with Crippen molar-refractivity contribution in [3.8, 4) is 22.3 Å². The van der Waals surface area contributed by atoms with Crippen molar-refractivity contribution in [3.05, 3.63) is 116 Å². The summed E-state index contributed by atoms with van der Waals surface area (Å²) in [7, 11) is 0. The fourth-order valence-corrected chi connectivity index (χ4v) is 4.03. The Morgan fingerprint density at radius 3 is 1.69 bits per heavy atom. The molecule has 0 heterocycles. The van der Waals surface area contributed by atoms with E-state index in [1.54, 1.807) is 25.1 Å². The molecule has 0 saturated heterocycles. The minimum Gasteiger partial charge on any atom is -0.289 e. The maximum absolute atomic E-state index is 15.3. The summed E-state index contributed by atoms with van der Waals surface area (Å²) in [6, 6.07) is 16.5. The van der Waals surface area contributed by atoms with Gasteiger partial charge in [0.15, 0.2) is 23.2 Å². The Morgan fingerprint density at radius 1 is 0.657 bits per heavy atom. The molecule has 0 fully saturated rings. The highest BCUT2D eigenvalue weighted by atomic mass is 35.5. The fourth-order valence-electron chi connectivity index (χ4n) is 3.62. The van der Waals surface area contributed by atoms with E-state index in [0.29, 0.717) is 10.6 Å². The number of halogens is 6. The SMILES string of the molecule is CC.Cc1cc(-c2c(F)c(F)c(F)c(-c3ccc(Cl)c(Cl)c3)c2C(=O)c2ccccc2)ccc1Cl. The number of ketones is 1. The summed E-state index contributed by atoms with van der Waals surface area (Å²) >= 11 is 18.2. The molecule has 4 aromatic rings. The van der Waals surface area contributed by atoms with Gasteiger partial charge < -0.3 is 0 Å². The van der Waals surface area contributed by atoms with E-state index >= 15 is 8.78 Å². The van der Waals surface area contributed by atoms with E-state index in [2.05, 4.69) is 0 Å². The highest BCUT2D eigenvalue weighted by Crippen LogP contribution is 2.41. The molecule has 0 spiro atoms. The van der Waals surface area contributed by atoms with Crippen LogP contribution < -0.4 is 0 Å². The van der Waals surface area contributed by atoms with Gasteiger partial charge in [-0.1, -0.05) is 91.1 Å². The van der Waals surface area contributed by atoms with Gasteiger partial charge in [-0.2, -0.15) is 0 Å². The summed E-state index contributed by atoms with van der Waals surface area (Å²) < 4.78 is 45.5. The van der Waals surface area contributed by atoms with E-state index in [-0.39, 0.29) is 37.9 Å². The van der Waals surface area contributed by atoms with Crippen molar-refractivity contribution < 1.29 is 18.0 Å². The number of hydrogen-bond acceptors (Lipinski definition) is 1. The zero-order chi connectivity index (χ0) is 25.9. The molecule has 0 saturated carbocycles. The van der Waals surface area contributed by atoms with Crippen LogP contribution in [0.1, 0.15) is 35.3 Å². The molecule has 0 bridgehead atoms. The molecule has 0 radical (unpaired) electrons. The highest BCUT2D eigenvalue weighted by molar-refractivity contribution is 6.42. The van der Waals surface area contributed by atoms with Crippen molar-refractivity contribution in [1.82, 2.24) is 0 Å². The van der Waals surface area contributed by atoms with Crippen molar-refractivity contribution >= 4 is 40.6 Å². The van der Waals surface area contributed by atoms with Gasteiger partial charge in [0.2, 0.25) is 0 Å². The van der Waals surface area contributed by atoms with Gasteiger partial charge in [-0.15, -0.1) is 0 Å². The molecule has 4 aromatic carbocycles. The van der Waals surface area contributed by atoms with Gasteiger partial charge in [-0.05, 0) is 47.9 Å². The van der Waals surface area contributed by atoms with Crippen LogP contribution in [0, 0.1) is 24.4 Å². The minimum atomic E-state index is -1.71. The van der Waals surface area contributed by atoms with E-state index in [4.69, 9.17) is 34.8 Å². The Balaban J connectivity index is 0.00000167. The monoisotopic (exact) mass is 534 g/mol. The smallest absolute Gasteiger partial charge is 0.195 e. The largest absolute Gasteiger partial charge is 0.289 e. The third-order valence-electron chi connectivity index (χ3n) is 5.24. The number of benzene rings is 4. The molecule has 0 amide bonds. The second-order valence-electron chi connectivity index (χ2n) is 7.35. The van der Waals surface area contributed by atoms with Crippen LogP contribution in [-0.4, -0.2) is 5.78 Å². The molecule has 4 rings (SSSR count). The van der Waals surface area contributed by atoms with Gasteiger partial charge in [-0.25, -0.2) is 13.2 Å². The van der Waals surface area contributed by atoms with Crippen molar-refractivity contribution in [1.29, 1.82) is 0 Å². The summed E-state index contributed by atoms with van der Waals surface area (Å²) in [5.41, 5.74) is -0.116. The van der Waals surface area contributed by atoms with Gasteiger partial charge in [0.25, 0.3) is 0 Å². The quantitative estimate of drug-likeness (QED) is 0.188. The molecule has 0 atom stereocenters. The molecule has 0 aliphatic rings. The van der Waals surface area contributed by atoms with Crippen LogP contribution in [0.5, 0.6) is 0 Å². The predicted molar refractivity (Wildman–Crippen MR) is 138 cm³/mol. The van der Waals surface area contributed by atoms with Crippen LogP contribution in [0.4, 0.5) is 13.2 Å². The molecule has 1 nitrogen and oxygen atoms in total. The standard InChI is InChI=1S/C26H14Cl3F3O.C2H6/c1-13-11-15(7-9-17(13)27)20-22(26(33)14-5-3-2-4-6-14)21(24(31)25(32)23(20)30)16-8-10-18(28)19(29)12-16;1-2/h2-12H,1H3;1-2H3. The van der Waals surface area contributed by atoms with Gasteiger partial charge in [-0.3, -0.25) is 4.79 Å². The summed E-state index contributed by atoms with van der Waals surface area (Å²) in [6.45, 7) is 5.68. The van der Waals surface area contributed by atoms with Crippen molar-refractivity contribution in [2.45, 2.75) is 20.8 Å². The number of rotatable bonds is 4. The maximum atomic E-state index is 15.3. The highest BCUT2D eigenvalue weighted by Gasteiger charge is 2.31. The summed E-state index contributed by atoms with van der Waals surface area (Å²) in [5.74, 6) is -5.36. The lowest BCUT2D eigenvalue weighted by Crippen LogP contribution is -2.12. The molecule has 180 valence electrons. The minimum absolute atomic E-state index is 0.0697. The van der Waals surface area contributed by atoms with Gasteiger partial charge in [0.05, 0.1) is 10.0 Å². The second kappa shape index (κ2) is 11.3. The molecule has 0 aliphatic heterocycles. The summed E-state index contributed by atoms with van der Waals surface area (Å²) in [5, 5.41) is 0.663. The van der Waals surface area contributed by atoms with Crippen molar-refractivity contribution in [2.75, 3.05) is 0 Å². The molecule has 35 heavy (non-hydrogen) atoms. The van der Waals surface area contributed by atoms with E-state index in [0.717, 1.165) is 0 Å². The first-order chi connectivity index (χ1) is 16.7. The van der Waals surface area contributed by atoms with Crippen LogP contribution in [0.15, 0.2) is 66.7 Å². The van der Waals surface area contributed by atoms with Gasteiger partial charge >= 0.3 is 0 Å². The van der Waals surface area contributed by atoms with E-state index in [1.165, 1.54) is 48.5 Å². The first kappa shape index (κ1) is 26.8. The van der Waals surface area contributed by atoms with E-state index < -0.39 is 28.8 Å². The summed E-state index contributed by atoms with van der Waals surface area (Å²) in [6.07, 6.45) is 0. The Morgan fingerprint density at radius 2 is 1.17 bits per heavy atom. The Kier molecular flexibility index (Phi) is 8.65. The van der Waals surface area contributed by atoms with Crippen LogP contribution in [0.3, 0.4) is 0 Å². The lowest BCUT2D eigenvalue weighted by atomic mass is 9.86. The average molecular weight is 536 g/mol. The van der Waals surface area contributed by atoms with E-state index in [9.17, 15) is 9.18 Å². The topological polar surface area (TPSA) is 17.1 Å². The predicted octanol–water partition coefficient (Wildman–Crippen LogP) is 9.96. The average Bonchev–Trinajstić information content (AvgIpc) is 2.87. The lowest BCUT2D eigenvalue weighted by Gasteiger charge is -2.18. The lowest BCUT2D eigenvalue weighted by molar-refractivity contribution is 0.103. The van der Waals surface area contributed by atoms with Crippen molar-refractivity contribution in [2.24, 2.45) is 0 Å². The third kappa shape index (κ3) is 5.25. The third-order valence-corrected chi connectivity index (χ3v) is 6.41. The Hall–Kier alpha value is -2.79. The Labute approximate surface area is 217 Å². The zero-order valence-electron chi connectivity index (χ0n) is 19.0. The van der Waals surface area contributed by atoms with Gasteiger partial charge in [0.1, 0.15) is 0 Å². The number of carbonyl (C=O) groups excluding carboxylic acids is 1. The zero-order valence-corrected chi connectivity index (χ0v) is 21.3. The molecule has 0 unspecified atom stereocenters. The Bertz CT molecular complexity index is 1320. The number of hydrogen-bond donors (Lipinski definition) is 0. The van der Waals surface area contributed by atoms with Crippen LogP contribution in [0.25, 0.3) is 22.3 Å². The molecule has 0 aromatic heterocycles. The van der Waals surface area contributed by atoms with Crippen LogP contribution in [0.2, 0.25) is 15.1 Å². The molecular weight excluding hydrogens is 516 g/mol. The number of aryl methyl sites for hydroxylation is 1. The van der Waals surface area contributed by atoms with Crippen LogP contribution >= 0.6 is 34.8 Å².